The standard InChI is InChI=1S/C32H34N2O4S2/c1-25-15-19-30(20-16-25)39(35,36)34(40(37,38)31-21-17-26(2)18-22-31)24-29-14-9-23-33(29)32(27-10-5-3-6-11-27)28-12-7-4-8-13-28/h3-8,10-13,15-22,29,32H,9,14,23-24H2,1-2H3/t29-/m0/s1. The zero-order valence-electron chi connectivity index (χ0n) is 22.7. The maximum absolute atomic E-state index is 14.1. The molecule has 0 unspecified atom stereocenters. The minimum atomic E-state index is -4.38. The van der Waals surface area contributed by atoms with E-state index < -0.39 is 20.0 Å². The molecule has 4 aromatic carbocycles. The van der Waals surface area contributed by atoms with Crippen LogP contribution < -0.4 is 0 Å². The lowest BCUT2D eigenvalue weighted by molar-refractivity contribution is 0.196. The van der Waals surface area contributed by atoms with Gasteiger partial charge in [-0.15, -0.1) is 0 Å². The third-order valence-electron chi connectivity index (χ3n) is 7.52. The quantitative estimate of drug-likeness (QED) is 0.248. The Hall–Kier alpha value is -3.30. The molecule has 0 aliphatic carbocycles. The van der Waals surface area contributed by atoms with Crippen molar-refractivity contribution in [2.45, 2.75) is 48.6 Å². The number of rotatable bonds is 9. The summed E-state index contributed by atoms with van der Waals surface area (Å²) < 4.78 is 57.0. The number of hydrogen-bond donors (Lipinski definition) is 0. The molecule has 1 heterocycles. The van der Waals surface area contributed by atoms with Crippen LogP contribution in [-0.2, 0) is 20.0 Å². The van der Waals surface area contributed by atoms with Crippen molar-refractivity contribution < 1.29 is 16.8 Å². The lowest BCUT2D eigenvalue weighted by Gasteiger charge is -2.36. The number of sulfonamides is 2. The summed E-state index contributed by atoms with van der Waals surface area (Å²) in [6, 6.07) is 32.4. The van der Waals surface area contributed by atoms with Gasteiger partial charge in [0.1, 0.15) is 0 Å². The van der Waals surface area contributed by atoms with E-state index in [0.29, 0.717) is 6.42 Å². The van der Waals surface area contributed by atoms with Crippen LogP contribution in [0.5, 0.6) is 0 Å². The predicted molar refractivity (Wildman–Crippen MR) is 158 cm³/mol. The normalized spacial score (nSPS) is 16.6. The van der Waals surface area contributed by atoms with E-state index in [1.807, 2.05) is 50.2 Å². The molecule has 5 rings (SSSR count). The number of aryl methyl sites for hydroxylation is 2. The largest absolute Gasteiger partial charge is 0.288 e. The number of hydrogen-bond acceptors (Lipinski definition) is 5. The van der Waals surface area contributed by atoms with Gasteiger partial charge in [-0.05, 0) is 68.6 Å². The van der Waals surface area contributed by atoms with Gasteiger partial charge in [0.05, 0.1) is 15.8 Å². The second-order valence-corrected chi connectivity index (χ2v) is 14.3. The van der Waals surface area contributed by atoms with Crippen LogP contribution in [0, 0.1) is 13.8 Å². The maximum atomic E-state index is 14.1. The van der Waals surface area contributed by atoms with Gasteiger partial charge in [-0.2, -0.15) is 0 Å². The summed E-state index contributed by atoms with van der Waals surface area (Å²) in [4.78, 5) is 2.18. The van der Waals surface area contributed by atoms with Gasteiger partial charge < -0.3 is 0 Å². The van der Waals surface area contributed by atoms with E-state index in [0.717, 1.165) is 38.9 Å². The molecular formula is C32H34N2O4S2. The molecule has 1 aliphatic rings. The Kier molecular flexibility index (Phi) is 8.24. The summed E-state index contributed by atoms with van der Waals surface area (Å²) in [6.45, 7) is 4.27. The lowest BCUT2D eigenvalue weighted by atomic mass is 9.96. The second-order valence-electron chi connectivity index (χ2n) is 10.3. The van der Waals surface area contributed by atoms with Crippen LogP contribution in [0.1, 0.15) is 41.1 Å². The average Bonchev–Trinajstić information content (AvgIpc) is 3.41. The zero-order valence-corrected chi connectivity index (χ0v) is 24.4. The van der Waals surface area contributed by atoms with Gasteiger partial charge in [-0.3, -0.25) is 4.90 Å². The minimum Gasteiger partial charge on any atom is -0.288 e. The van der Waals surface area contributed by atoms with E-state index in [1.54, 1.807) is 24.3 Å². The highest BCUT2D eigenvalue weighted by Gasteiger charge is 2.42. The molecule has 1 atom stereocenters. The molecule has 0 bridgehead atoms. The molecule has 6 nitrogen and oxygen atoms in total. The van der Waals surface area contributed by atoms with E-state index in [9.17, 15) is 16.8 Å². The highest BCUT2D eigenvalue weighted by molar-refractivity contribution is 8.04. The second kappa shape index (κ2) is 11.7. The SMILES string of the molecule is Cc1ccc(S(=O)(=O)N(C[C@@H]2CCCN2C(c2ccccc2)c2ccccc2)S(=O)(=O)c2ccc(C)cc2)cc1. The monoisotopic (exact) mass is 574 g/mol. The van der Waals surface area contributed by atoms with Gasteiger partial charge in [-0.1, -0.05) is 99.8 Å². The van der Waals surface area contributed by atoms with Crippen molar-refractivity contribution in [1.82, 2.24) is 8.61 Å². The van der Waals surface area contributed by atoms with E-state index in [4.69, 9.17) is 0 Å². The topological polar surface area (TPSA) is 74.8 Å². The average molecular weight is 575 g/mol. The van der Waals surface area contributed by atoms with Crippen molar-refractivity contribution in [2.24, 2.45) is 0 Å². The molecule has 0 saturated carbocycles. The van der Waals surface area contributed by atoms with Crippen LogP contribution in [0.3, 0.4) is 0 Å². The molecule has 208 valence electrons. The highest BCUT2D eigenvalue weighted by Crippen LogP contribution is 2.36. The molecule has 8 heteroatoms. The fourth-order valence-electron chi connectivity index (χ4n) is 5.39. The first-order chi connectivity index (χ1) is 19.2. The summed E-state index contributed by atoms with van der Waals surface area (Å²) in [6.07, 6.45) is 1.52. The first-order valence-corrected chi connectivity index (χ1v) is 16.3. The number of benzene rings is 4. The maximum Gasteiger partial charge on any atom is 0.256 e. The Morgan fingerprint density at radius 3 is 1.52 bits per heavy atom. The Morgan fingerprint density at radius 2 is 1.10 bits per heavy atom. The van der Waals surface area contributed by atoms with Gasteiger partial charge in [0, 0.05) is 12.6 Å². The molecule has 0 aromatic heterocycles. The number of nitrogens with zero attached hydrogens (tertiary/aromatic N) is 2. The van der Waals surface area contributed by atoms with Crippen LogP contribution in [0.4, 0.5) is 0 Å². The Morgan fingerprint density at radius 1 is 0.675 bits per heavy atom. The fourth-order valence-corrected chi connectivity index (χ4v) is 9.11. The molecule has 0 amide bonds. The van der Waals surface area contributed by atoms with Crippen molar-refractivity contribution in [3.05, 3.63) is 131 Å². The molecule has 40 heavy (non-hydrogen) atoms. The van der Waals surface area contributed by atoms with E-state index in [1.165, 1.54) is 24.3 Å². The van der Waals surface area contributed by atoms with Crippen LogP contribution >= 0.6 is 0 Å². The van der Waals surface area contributed by atoms with Gasteiger partial charge >= 0.3 is 0 Å². The van der Waals surface area contributed by atoms with Crippen molar-refractivity contribution in [3.63, 3.8) is 0 Å². The molecule has 1 aliphatic heterocycles. The Bertz CT molecular complexity index is 1530. The van der Waals surface area contributed by atoms with E-state index >= 15 is 0 Å². The fraction of sp³-hybridized carbons (Fsp3) is 0.250. The molecule has 1 fully saturated rings. The number of likely N-dealkylation sites (tertiary alicyclic amines) is 1. The first-order valence-electron chi connectivity index (χ1n) is 13.4. The molecule has 0 N–H and O–H groups in total. The van der Waals surface area contributed by atoms with E-state index in [2.05, 4.69) is 29.2 Å². The molecule has 0 radical (unpaired) electrons. The van der Waals surface area contributed by atoms with Crippen molar-refractivity contribution in [3.8, 4) is 0 Å². The Labute approximate surface area is 238 Å². The molecule has 1 saturated heterocycles. The van der Waals surface area contributed by atoms with Crippen LogP contribution in [0.15, 0.2) is 119 Å². The molecule has 0 spiro atoms. The first kappa shape index (κ1) is 28.2. The van der Waals surface area contributed by atoms with E-state index in [-0.39, 0.29) is 28.4 Å². The van der Waals surface area contributed by atoms with Crippen molar-refractivity contribution >= 4 is 20.0 Å². The summed E-state index contributed by atoms with van der Waals surface area (Å²) in [5.74, 6) is 0. The van der Waals surface area contributed by atoms with Crippen molar-refractivity contribution in [1.29, 1.82) is 0 Å². The van der Waals surface area contributed by atoms with Gasteiger partial charge in [0.2, 0.25) is 0 Å². The van der Waals surface area contributed by atoms with Crippen LogP contribution in [0.2, 0.25) is 0 Å². The zero-order chi connectivity index (χ0) is 28.3. The van der Waals surface area contributed by atoms with Gasteiger partial charge in [0.25, 0.3) is 20.0 Å². The van der Waals surface area contributed by atoms with Crippen LogP contribution in [-0.4, -0.2) is 44.6 Å². The smallest absolute Gasteiger partial charge is 0.256 e. The molecule has 4 aromatic rings. The minimum absolute atomic E-state index is 0.0407. The van der Waals surface area contributed by atoms with Gasteiger partial charge in [0.15, 0.2) is 0 Å². The lowest BCUT2D eigenvalue weighted by Crippen LogP contribution is -2.46. The summed E-state index contributed by atoms with van der Waals surface area (Å²) in [5, 5.41) is 0. The third kappa shape index (κ3) is 5.76. The molecular weight excluding hydrogens is 540 g/mol. The Balaban J connectivity index is 1.58. The van der Waals surface area contributed by atoms with Crippen LogP contribution in [0.25, 0.3) is 0 Å². The summed E-state index contributed by atoms with van der Waals surface area (Å²) >= 11 is 0. The van der Waals surface area contributed by atoms with Crippen molar-refractivity contribution in [2.75, 3.05) is 13.1 Å². The summed E-state index contributed by atoms with van der Waals surface area (Å²) in [7, 11) is -8.76. The van der Waals surface area contributed by atoms with Gasteiger partial charge in [-0.25, -0.2) is 16.8 Å². The highest BCUT2D eigenvalue weighted by atomic mass is 32.3. The summed E-state index contributed by atoms with van der Waals surface area (Å²) in [5.41, 5.74) is 3.94. The third-order valence-corrected chi connectivity index (χ3v) is 11.8. The predicted octanol–water partition coefficient (Wildman–Crippen LogP) is 5.94.